The molecule has 0 spiro atoms. The summed E-state index contributed by atoms with van der Waals surface area (Å²) in [5.74, 6) is -0.291. The lowest BCUT2D eigenvalue weighted by atomic mass is 9.91. The molecule has 1 rings (SSSR count). The number of rotatable bonds is 5. The van der Waals surface area contributed by atoms with Gasteiger partial charge in [-0.3, -0.25) is 4.79 Å². The van der Waals surface area contributed by atoms with E-state index in [1.165, 1.54) is 0 Å². The molecular formula is C11H19F3N2O. The summed E-state index contributed by atoms with van der Waals surface area (Å²) in [7, 11) is 0. The molecule has 2 N–H and O–H groups in total. The van der Waals surface area contributed by atoms with Crippen molar-refractivity contribution in [1.29, 1.82) is 0 Å². The summed E-state index contributed by atoms with van der Waals surface area (Å²) in [6.45, 7) is 2.38. The first-order chi connectivity index (χ1) is 7.90. The first-order valence-electron chi connectivity index (χ1n) is 6.00. The Morgan fingerprint density at radius 2 is 2.18 bits per heavy atom. The molecular weight excluding hydrogens is 233 g/mol. The highest BCUT2D eigenvalue weighted by molar-refractivity contribution is 5.86. The van der Waals surface area contributed by atoms with Crippen LogP contribution in [0.4, 0.5) is 13.2 Å². The minimum atomic E-state index is -4.21. The van der Waals surface area contributed by atoms with E-state index in [-0.39, 0.29) is 12.5 Å². The van der Waals surface area contributed by atoms with Gasteiger partial charge in [0.2, 0.25) is 5.91 Å². The van der Waals surface area contributed by atoms with E-state index >= 15 is 0 Å². The van der Waals surface area contributed by atoms with E-state index < -0.39 is 18.1 Å². The third kappa shape index (κ3) is 4.18. The number of amides is 1. The molecule has 0 aromatic rings. The molecule has 6 heteroatoms. The molecule has 1 aliphatic heterocycles. The van der Waals surface area contributed by atoms with Crippen LogP contribution in [0.15, 0.2) is 0 Å². The molecule has 0 aromatic carbocycles. The second-order valence-electron chi connectivity index (χ2n) is 4.48. The van der Waals surface area contributed by atoms with Crippen molar-refractivity contribution >= 4 is 5.91 Å². The van der Waals surface area contributed by atoms with Gasteiger partial charge in [0.05, 0.1) is 12.0 Å². The highest BCUT2D eigenvalue weighted by Gasteiger charge is 2.40. The first kappa shape index (κ1) is 14.3. The number of hydrogen-bond donors (Lipinski definition) is 2. The molecule has 1 heterocycles. The lowest BCUT2D eigenvalue weighted by Gasteiger charge is -2.27. The maximum atomic E-state index is 12.0. The van der Waals surface area contributed by atoms with E-state index in [0.717, 1.165) is 19.4 Å². The van der Waals surface area contributed by atoms with Crippen molar-refractivity contribution in [1.82, 2.24) is 10.6 Å². The van der Waals surface area contributed by atoms with Gasteiger partial charge in [-0.05, 0) is 25.8 Å². The highest BCUT2D eigenvalue weighted by Crippen LogP contribution is 2.25. The monoisotopic (exact) mass is 252 g/mol. The molecule has 1 atom stereocenters. The third-order valence-corrected chi connectivity index (χ3v) is 3.05. The molecule has 3 nitrogen and oxygen atoms in total. The largest absolute Gasteiger partial charge is 0.390 e. The van der Waals surface area contributed by atoms with Gasteiger partial charge in [0, 0.05) is 6.54 Å². The fraction of sp³-hybridized carbons (Fsp3) is 0.909. The van der Waals surface area contributed by atoms with E-state index in [1.807, 2.05) is 6.92 Å². The number of halogens is 3. The quantitative estimate of drug-likeness (QED) is 0.785. The van der Waals surface area contributed by atoms with Gasteiger partial charge in [0.25, 0.3) is 0 Å². The summed E-state index contributed by atoms with van der Waals surface area (Å²) >= 11 is 0. The highest BCUT2D eigenvalue weighted by atomic mass is 19.4. The second-order valence-corrected chi connectivity index (χ2v) is 4.48. The van der Waals surface area contributed by atoms with E-state index in [0.29, 0.717) is 12.8 Å². The Labute approximate surface area is 99.1 Å². The van der Waals surface area contributed by atoms with Crippen molar-refractivity contribution in [2.75, 3.05) is 13.1 Å². The molecule has 1 fully saturated rings. The topological polar surface area (TPSA) is 41.1 Å². The van der Waals surface area contributed by atoms with Crippen LogP contribution in [0.1, 0.15) is 39.0 Å². The zero-order valence-corrected chi connectivity index (χ0v) is 9.99. The van der Waals surface area contributed by atoms with Crippen LogP contribution in [0.2, 0.25) is 0 Å². The van der Waals surface area contributed by atoms with E-state index in [9.17, 15) is 18.0 Å². The van der Waals surface area contributed by atoms with Crippen LogP contribution in [0.5, 0.6) is 0 Å². The van der Waals surface area contributed by atoms with Crippen LogP contribution >= 0.6 is 0 Å². The average Bonchev–Trinajstić information content (AvgIpc) is 2.66. The Morgan fingerprint density at radius 1 is 1.47 bits per heavy atom. The van der Waals surface area contributed by atoms with E-state index in [2.05, 4.69) is 10.6 Å². The first-order valence-corrected chi connectivity index (χ1v) is 6.00. The second kappa shape index (κ2) is 5.71. The van der Waals surface area contributed by atoms with Gasteiger partial charge >= 0.3 is 6.18 Å². The van der Waals surface area contributed by atoms with Gasteiger partial charge in [-0.1, -0.05) is 13.3 Å². The number of alkyl halides is 3. The summed E-state index contributed by atoms with van der Waals surface area (Å²) in [6.07, 6.45) is -2.08. The van der Waals surface area contributed by atoms with E-state index in [1.54, 1.807) is 0 Å². The molecule has 1 aliphatic rings. The summed E-state index contributed by atoms with van der Waals surface area (Å²) < 4.78 is 35.9. The van der Waals surface area contributed by atoms with Crippen LogP contribution in [-0.4, -0.2) is 30.7 Å². The van der Waals surface area contributed by atoms with Crippen molar-refractivity contribution in [2.24, 2.45) is 0 Å². The number of hydrogen-bond acceptors (Lipinski definition) is 2. The molecule has 1 saturated heterocycles. The summed E-state index contributed by atoms with van der Waals surface area (Å²) in [5.41, 5.74) is -0.639. The molecule has 1 unspecified atom stereocenters. The number of carbonyl (C=O) groups excluding carboxylic acids is 1. The summed E-state index contributed by atoms with van der Waals surface area (Å²) in [4.78, 5) is 11.9. The van der Waals surface area contributed by atoms with Crippen molar-refractivity contribution in [3.63, 3.8) is 0 Å². The number of nitrogens with one attached hydrogen (secondary N) is 2. The Kier molecular flexibility index (Phi) is 4.80. The zero-order chi connectivity index (χ0) is 12.9. The molecule has 1 amide bonds. The van der Waals surface area contributed by atoms with Gasteiger partial charge in [-0.15, -0.1) is 0 Å². The predicted octanol–water partition coefficient (Wildman–Crippen LogP) is 1.98. The smallest absolute Gasteiger partial charge is 0.354 e. The molecule has 0 aromatic heterocycles. The SMILES string of the molecule is CCCC1(C(=O)NCCC(F)(F)F)CCCN1. The lowest BCUT2D eigenvalue weighted by molar-refractivity contribution is -0.137. The minimum absolute atomic E-state index is 0.291. The van der Waals surface area contributed by atoms with E-state index in [4.69, 9.17) is 0 Å². The summed E-state index contributed by atoms with van der Waals surface area (Å²) in [6, 6.07) is 0. The van der Waals surface area contributed by atoms with Crippen LogP contribution < -0.4 is 10.6 Å². The lowest BCUT2D eigenvalue weighted by Crippen LogP contribution is -2.53. The van der Waals surface area contributed by atoms with Gasteiger partial charge in [0.1, 0.15) is 0 Å². The normalized spacial score (nSPS) is 24.9. The zero-order valence-electron chi connectivity index (χ0n) is 9.99. The molecule has 17 heavy (non-hydrogen) atoms. The van der Waals surface area contributed by atoms with Gasteiger partial charge in [-0.2, -0.15) is 13.2 Å². The van der Waals surface area contributed by atoms with Gasteiger partial charge in [-0.25, -0.2) is 0 Å². The van der Waals surface area contributed by atoms with Crippen molar-refractivity contribution in [3.05, 3.63) is 0 Å². The molecule has 0 aliphatic carbocycles. The average molecular weight is 252 g/mol. The Bertz CT molecular complexity index is 260. The molecule has 0 radical (unpaired) electrons. The fourth-order valence-electron chi connectivity index (χ4n) is 2.24. The maximum absolute atomic E-state index is 12.0. The van der Waals surface area contributed by atoms with Crippen molar-refractivity contribution in [2.45, 2.75) is 50.7 Å². The molecule has 0 bridgehead atoms. The maximum Gasteiger partial charge on any atom is 0.390 e. The van der Waals surface area contributed by atoms with Gasteiger partial charge in [0.15, 0.2) is 0 Å². The van der Waals surface area contributed by atoms with Crippen molar-refractivity contribution in [3.8, 4) is 0 Å². The van der Waals surface area contributed by atoms with Crippen LogP contribution in [0, 0.1) is 0 Å². The minimum Gasteiger partial charge on any atom is -0.354 e. The predicted molar refractivity (Wildman–Crippen MR) is 58.6 cm³/mol. The van der Waals surface area contributed by atoms with Crippen LogP contribution in [0.25, 0.3) is 0 Å². The van der Waals surface area contributed by atoms with Crippen LogP contribution in [-0.2, 0) is 4.79 Å². The Morgan fingerprint density at radius 3 is 2.65 bits per heavy atom. The molecule has 0 saturated carbocycles. The third-order valence-electron chi connectivity index (χ3n) is 3.05. The summed E-state index contributed by atoms with van der Waals surface area (Å²) in [5, 5.41) is 5.51. The van der Waals surface area contributed by atoms with Crippen molar-refractivity contribution < 1.29 is 18.0 Å². The Hall–Kier alpha value is -0.780. The Balaban J connectivity index is 2.44. The van der Waals surface area contributed by atoms with Gasteiger partial charge < -0.3 is 10.6 Å². The standard InChI is InChI=1S/C11H19F3N2O/c1-2-4-10(5-3-7-16-10)9(17)15-8-6-11(12,13)14/h16H,2-8H2,1H3,(H,15,17). The fourth-order valence-corrected chi connectivity index (χ4v) is 2.24. The molecule has 100 valence electrons. The van der Waals surface area contributed by atoms with Crippen LogP contribution in [0.3, 0.4) is 0 Å². The number of carbonyl (C=O) groups is 1.